The quantitative estimate of drug-likeness (QED) is 0.714. The van der Waals surface area contributed by atoms with Crippen molar-refractivity contribution < 1.29 is 9.13 Å². The van der Waals surface area contributed by atoms with Crippen LogP contribution in [0.2, 0.25) is 0 Å². The number of benzene rings is 1. The second-order valence-corrected chi connectivity index (χ2v) is 5.56. The number of hydrogen-bond acceptors (Lipinski definition) is 5. The minimum absolute atomic E-state index is 0.265. The van der Waals surface area contributed by atoms with Crippen molar-refractivity contribution in [1.82, 2.24) is 19.7 Å². The van der Waals surface area contributed by atoms with Gasteiger partial charge in [-0.05, 0) is 37.0 Å². The third-order valence-corrected chi connectivity index (χ3v) is 3.86. The lowest BCUT2D eigenvalue weighted by molar-refractivity contribution is 0.384. The van der Waals surface area contributed by atoms with Crippen LogP contribution in [0, 0.1) is 5.82 Å². The van der Waals surface area contributed by atoms with Crippen LogP contribution in [-0.2, 0) is 19.4 Å². The number of halogens is 1. The van der Waals surface area contributed by atoms with E-state index >= 15 is 0 Å². The molecule has 130 valence electrons. The zero-order valence-electron chi connectivity index (χ0n) is 14.2. The van der Waals surface area contributed by atoms with Crippen LogP contribution in [0.3, 0.4) is 0 Å². The number of hydrogen-bond donors (Lipinski definition) is 1. The summed E-state index contributed by atoms with van der Waals surface area (Å²) in [6.07, 6.45) is 8.32. The maximum atomic E-state index is 14.1. The average Bonchev–Trinajstić information content (AvgIpc) is 3.10. The largest absolute Gasteiger partial charge is 0.494 e. The highest BCUT2D eigenvalue weighted by molar-refractivity contribution is 5.50. The van der Waals surface area contributed by atoms with E-state index < -0.39 is 0 Å². The van der Waals surface area contributed by atoms with Gasteiger partial charge in [0.05, 0.1) is 19.0 Å². The number of anilines is 2. The van der Waals surface area contributed by atoms with Gasteiger partial charge < -0.3 is 10.1 Å². The molecule has 1 aromatic carbocycles. The Kier molecular flexibility index (Phi) is 5.23. The topological polar surface area (TPSA) is 64.9 Å². The molecule has 0 fully saturated rings. The molecule has 0 aliphatic carbocycles. The van der Waals surface area contributed by atoms with E-state index in [1.54, 1.807) is 36.8 Å². The number of rotatable bonds is 7. The lowest BCUT2D eigenvalue weighted by atomic mass is 10.1. The second-order valence-electron chi connectivity index (χ2n) is 5.56. The highest BCUT2D eigenvalue weighted by Crippen LogP contribution is 2.21. The molecule has 0 unspecified atom stereocenters. The first-order valence-electron chi connectivity index (χ1n) is 8.11. The predicted molar refractivity (Wildman–Crippen MR) is 93.6 cm³/mol. The molecule has 3 rings (SSSR count). The van der Waals surface area contributed by atoms with Gasteiger partial charge in [0.25, 0.3) is 0 Å². The van der Waals surface area contributed by atoms with Crippen LogP contribution >= 0.6 is 0 Å². The Morgan fingerprint density at radius 3 is 2.64 bits per heavy atom. The summed E-state index contributed by atoms with van der Waals surface area (Å²) < 4.78 is 21.0. The van der Waals surface area contributed by atoms with Crippen LogP contribution in [-0.4, -0.2) is 26.9 Å². The van der Waals surface area contributed by atoms with Crippen LogP contribution in [0.4, 0.5) is 16.0 Å². The van der Waals surface area contributed by atoms with Crippen molar-refractivity contribution in [3.63, 3.8) is 0 Å². The van der Waals surface area contributed by atoms with Gasteiger partial charge in [0.2, 0.25) is 5.95 Å². The van der Waals surface area contributed by atoms with Crippen LogP contribution in [0.1, 0.15) is 18.1 Å². The third kappa shape index (κ3) is 4.12. The predicted octanol–water partition coefficient (Wildman–Crippen LogP) is 3.37. The lowest BCUT2D eigenvalue weighted by Gasteiger charge is -2.07. The Morgan fingerprint density at radius 1 is 1.16 bits per heavy atom. The molecule has 6 nitrogen and oxygen atoms in total. The van der Waals surface area contributed by atoms with Gasteiger partial charge in [-0.3, -0.25) is 4.68 Å². The zero-order valence-corrected chi connectivity index (χ0v) is 14.2. The fraction of sp³-hybridized carbons (Fsp3) is 0.278. The molecule has 0 amide bonds. The summed E-state index contributed by atoms with van der Waals surface area (Å²) >= 11 is 0. The monoisotopic (exact) mass is 341 g/mol. The molecule has 2 aromatic heterocycles. The van der Waals surface area contributed by atoms with Gasteiger partial charge in [0.1, 0.15) is 0 Å². The standard InChI is InChI=1S/C18H20FN5O/c1-3-24-12-15(11-22-24)23-18-20-9-13(10-21-18)7-8-14-5-4-6-16(25-2)17(14)19/h4-6,9-12H,3,7-8H2,1-2H3,(H,20,21,23). The zero-order chi connectivity index (χ0) is 17.6. The molecule has 0 radical (unpaired) electrons. The molecule has 0 bridgehead atoms. The first kappa shape index (κ1) is 16.9. The minimum atomic E-state index is -0.308. The minimum Gasteiger partial charge on any atom is -0.494 e. The molecule has 0 saturated heterocycles. The van der Waals surface area contributed by atoms with Gasteiger partial charge in [0.15, 0.2) is 11.6 Å². The summed E-state index contributed by atoms with van der Waals surface area (Å²) in [7, 11) is 1.46. The van der Waals surface area contributed by atoms with Gasteiger partial charge in [-0.2, -0.15) is 5.10 Å². The summed E-state index contributed by atoms with van der Waals surface area (Å²) in [5, 5.41) is 7.29. The number of aromatic nitrogens is 4. The number of methoxy groups -OCH3 is 1. The van der Waals surface area contributed by atoms with Crippen molar-refractivity contribution >= 4 is 11.6 Å². The Labute approximate surface area is 145 Å². The summed E-state index contributed by atoms with van der Waals surface area (Å²) in [5.41, 5.74) is 2.40. The number of nitrogens with zero attached hydrogens (tertiary/aromatic N) is 4. The van der Waals surface area contributed by atoms with Gasteiger partial charge >= 0.3 is 0 Å². The summed E-state index contributed by atoms with van der Waals surface area (Å²) in [4.78, 5) is 8.60. The van der Waals surface area contributed by atoms with Gasteiger partial charge in [-0.25, -0.2) is 14.4 Å². The molecule has 0 aliphatic heterocycles. The summed E-state index contributed by atoms with van der Waals surface area (Å²) in [5.74, 6) is 0.463. The number of aryl methyl sites for hydroxylation is 3. The van der Waals surface area contributed by atoms with Gasteiger partial charge in [0, 0.05) is 25.1 Å². The lowest BCUT2D eigenvalue weighted by Crippen LogP contribution is -2.00. The molecule has 2 heterocycles. The molecule has 1 N–H and O–H groups in total. The van der Waals surface area contributed by atoms with Gasteiger partial charge in [-0.1, -0.05) is 12.1 Å². The molecule has 0 spiro atoms. The van der Waals surface area contributed by atoms with Crippen LogP contribution < -0.4 is 10.1 Å². The molecule has 0 aliphatic rings. The Bertz CT molecular complexity index is 832. The van der Waals surface area contributed by atoms with E-state index in [1.807, 2.05) is 17.8 Å². The Morgan fingerprint density at radius 2 is 1.96 bits per heavy atom. The normalized spacial score (nSPS) is 10.7. The summed E-state index contributed by atoms with van der Waals surface area (Å²) in [6, 6.07) is 5.17. The third-order valence-electron chi connectivity index (χ3n) is 3.86. The van der Waals surface area contributed by atoms with E-state index in [0.717, 1.165) is 17.8 Å². The van der Waals surface area contributed by atoms with Crippen molar-refractivity contribution in [2.24, 2.45) is 0 Å². The van der Waals surface area contributed by atoms with Crippen molar-refractivity contribution in [3.8, 4) is 5.75 Å². The molecule has 0 saturated carbocycles. The van der Waals surface area contributed by atoms with E-state index in [1.165, 1.54) is 7.11 Å². The van der Waals surface area contributed by atoms with E-state index in [2.05, 4.69) is 20.4 Å². The number of ether oxygens (including phenoxy) is 1. The smallest absolute Gasteiger partial charge is 0.227 e. The molecule has 0 atom stereocenters. The maximum Gasteiger partial charge on any atom is 0.227 e. The molecule has 3 aromatic rings. The van der Waals surface area contributed by atoms with Crippen LogP contribution in [0.5, 0.6) is 5.75 Å². The van der Waals surface area contributed by atoms with Crippen molar-refractivity contribution in [3.05, 3.63) is 59.9 Å². The first-order valence-corrected chi connectivity index (χ1v) is 8.11. The fourth-order valence-electron chi connectivity index (χ4n) is 2.46. The molecular weight excluding hydrogens is 321 g/mol. The van der Waals surface area contributed by atoms with E-state index in [4.69, 9.17) is 4.74 Å². The second kappa shape index (κ2) is 7.74. The van der Waals surface area contributed by atoms with Crippen molar-refractivity contribution in [2.75, 3.05) is 12.4 Å². The van der Waals surface area contributed by atoms with Crippen molar-refractivity contribution in [2.45, 2.75) is 26.3 Å². The van der Waals surface area contributed by atoms with Crippen LogP contribution in [0.15, 0.2) is 43.0 Å². The van der Waals surface area contributed by atoms with E-state index in [9.17, 15) is 4.39 Å². The Balaban J connectivity index is 1.61. The maximum absolute atomic E-state index is 14.1. The molecular formula is C18H20FN5O. The molecule has 25 heavy (non-hydrogen) atoms. The van der Waals surface area contributed by atoms with E-state index in [-0.39, 0.29) is 11.6 Å². The average molecular weight is 341 g/mol. The Hall–Kier alpha value is -2.96. The first-order chi connectivity index (χ1) is 12.2. The van der Waals surface area contributed by atoms with Crippen molar-refractivity contribution in [1.29, 1.82) is 0 Å². The van der Waals surface area contributed by atoms with Gasteiger partial charge in [-0.15, -0.1) is 0 Å². The number of nitrogens with one attached hydrogen (secondary N) is 1. The SMILES string of the molecule is CCn1cc(Nc2ncc(CCc3cccc(OC)c3F)cn2)cn1. The fourth-order valence-corrected chi connectivity index (χ4v) is 2.46. The highest BCUT2D eigenvalue weighted by Gasteiger charge is 2.08. The molecule has 7 heteroatoms. The van der Waals surface area contributed by atoms with Crippen LogP contribution in [0.25, 0.3) is 0 Å². The summed E-state index contributed by atoms with van der Waals surface area (Å²) in [6.45, 7) is 2.83. The van der Waals surface area contributed by atoms with E-state index in [0.29, 0.717) is 24.4 Å². The highest BCUT2D eigenvalue weighted by atomic mass is 19.1.